The molecule has 1 unspecified atom stereocenters. The number of hydrogen-bond donors (Lipinski definition) is 1. The predicted molar refractivity (Wildman–Crippen MR) is 65.3 cm³/mol. The summed E-state index contributed by atoms with van der Waals surface area (Å²) < 4.78 is 13.9. The molecule has 1 saturated heterocycles. The zero-order valence-corrected chi connectivity index (χ0v) is 10.2. The fourth-order valence-electron chi connectivity index (χ4n) is 1.84. The van der Waals surface area contributed by atoms with E-state index < -0.39 is 11.8 Å². The number of carboxylic acids is 1. The largest absolute Gasteiger partial charge is 0.478 e. The molecular weight excluding hydrogens is 243 g/mol. The second-order valence-electron chi connectivity index (χ2n) is 3.93. The normalized spacial score (nSPS) is 19.3. The van der Waals surface area contributed by atoms with Crippen LogP contribution in [0.1, 0.15) is 16.8 Å². The van der Waals surface area contributed by atoms with E-state index in [1.807, 2.05) is 11.8 Å². The van der Waals surface area contributed by atoms with E-state index >= 15 is 0 Å². The summed E-state index contributed by atoms with van der Waals surface area (Å²) in [5.41, 5.74) is -0.326. The first kappa shape index (κ1) is 12.2. The van der Waals surface area contributed by atoms with Crippen molar-refractivity contribution in [3.63, 3.8) is 0 Å². The van der Waals surface area contributed by atoms with Gasteiger partial charge in [0.15, 0.2) is 11.6 Å². The topological polar surface area (TPSA) is 53.4 Å². The van der Waals surface area contributed by atoms with E-state index in [0.717, 1.165) is 17.9 Å². The van der Waals surface area contributed by atoms with Gasteiger partial charge in [0.05, 0.1) is 0 Å². The summed E-state index contributed by atoms with van der Waals surface area (Å²) in [5.74, 6) is 0.0848. The smallest absolute Gasteiger partial charge is 0.338 e. The van der Waals surface area contributed by atoms with Gasteiger partial charge in [0, 0.05) is 25.0 Å². The summed E-state index contributed by atoms with van der Waals surface area (Å²) in [5, 5.41) is 8.85. The Morgan fingerprint density at radius 1 is 1.71 bits per heavy atom. The molecule has 17 heavy (non-hydrogen) atoms. The molecule has 0 radical (unpaired) electrons. The molecule has 4 nitrogen and oxygen atoms in total. The number of pyridine rings is 1. The van der Waals surface area contributed by atoms with Crippen molar-refractivity contribution in [2.75, 3.05) is 23.5 Å². The molecule has 1 aromatic rings. The lowest BCUT2D eigenvalue weighted by Gasteiger charge is -2.25. The third-order valence-electron chi connectivity index (χ3n) is 2.89. The fourth-order valence-corrected chi connectivity index (χ4v) is 3.11. The third kappa shape index (κ3) is 2.36. The maximum absolute atomic E-state index is 13.9. The number of nitrogens with zero attached hydrogens (tertiary/aromatic N) is 2. The van der Waals surface area contributed by atoms with Gasteiger partial charge in [-0.1, -0.05) is 0 Å². The molecule has 0 aliphatic carbocycles. The highest BCUT2D eigenvalue weighted by Crippen LogP contribution is 2.27. The molecule has 2 rings (SSSR count). The predicted octanol–water partition coefficient (Wildman–Crippen LogP) is 1.86. The third-order valence-corrected chi connectivity index (χ3v) is 4.03. The molecule has 1 aliphatic heterocycles. The number of aromatic nitrogens is 1. The highest BCUT2D eigenvalue weighted by molar-refractivity contribution is 7.99. The van der Waals surface area contributed by atoms with Gasteiger partial charge in [-0.15, -0.1) is 0 Å². The Bertz CT molecular complexity index is 435. The fraction of sp³-hybridized carbons (Fsp3) is 0.455. The number of halogens is 1. The maximum Gasteiger partial charge on any atom is 0.338 e. The molecule has 1 aliphatic rings. The highest BCUT2D eigenvalue weighted by Gasteiger charge is 2.25. The van der Waals surface area contributed by atoms with E-state index in [2.05, 4.69) is 4.98 Å². The zero-order valence-electron chi connectivity index (χ0n) is 9.39. The Kier molecular flexibility index (Phi) is 3.51. The Balaban J connectivity index is 2.31. The molecule has 92 valence electrons. The second-order valence-corrected chi connectivity index (χ2v) is 5.08. The van der Waals surface area contributed by atoms with Crippen molar-refractivity contribution in [1.82, 2.24) is 4.98 Å². The number of rotatable bonds is 3. The monoisotopic (exact) mass is 256 g/mol. The van der Waals surface area contributed by atoms with Gasteiger partial charge in [-0.05, 0) is 18.2 Å². The van der Waals surface area contributed by atoms with Crippen LogP contribution in [0.25, 0.3) is 0 Å². The summed E-state index contributed by atoms with van der Waals surface area (Å²) >= 11 is 1.81. The van der Waals surface area contributed by atoms with Gasteiger partial charge < -0.3 is 10.0 Å². The molecule has 2 heterocycles. The molecule has 1 atom stereocenters. The molecule has 6 heteroatoms. The van der Waals surface area contributed by atoms with Gasteiger partial charge in [-0.25, -0.2) is 14.2 Å². The van der Waals surface area contributed by atoms with Gasteiger partial charge >= 0.3 is 5.97 Å². The van der Waals surface area contributed by atoms with Crippen LogP contribution in [0.15, 0.2) is 12.3 Å². The van der Waals surface area contributed by atoms with Crippen molar-refractivity contribution in [3.05, 3.63) is 23.6 Å². The van der Waals surface area contributed by atoms with Crippen LogP contribution in [0.3, 0.4) is 0 Å². The Labute approximate surface area is 103 Å². The number of thioether (sulfide) groups is 1. The van der Waals surface area contributed by atoms with Crippen LogP contribution < -0.4 is 4.90 Å². The van der Waals surface area contributed by atoms with E-state index in [9.17, 15) is 9.18 Å². The molecule has 0 spiro atoms. The van der Waals surface area contributed by atoms with E-state index in [1.165, 1.54) is 12.3 Å². The van der Waals surface area contributed by atoms with Crippen molar-refractivity contribution < 1.29 is 14.3 Å². The van der Waals surface area contributed by atoms with Crippen LogP contribution in [-0.2, 0) is 0 Å². The second kappa shape index (κ2) is 4.91. The van der Waals surface area contributed by atoms with Crippen molar-refractivity contribution in [3.8, 4) is 0 Å². The Morgan fingerprint density at radius 3 is 3.06 bits per heavy atom. The van der Waals surface area contributed by atoms with E-state index in [-0.39, 0.29) is 17.4 Å². The first-order chi connectivity index (χ1) is 8.11. The molecule has 1 N–H and O–H groups in total. The lowest BCUT2D eigenvalue weighted by molar-refractivity contribution is 0.0691. The Morgan fingerprint density at radius 2 is 2.47 bits per heavy atom. The van der Waals surface area contributed by atoms with Crippen LogP contribution in [0.2, 0.25) is 0 Å². The minimum atomic E-state index is -1.26. The van der Waals surface area contributed by atoms with Gasteiger partial charge in [0.1, 0.15) is 5.56 Å². The minimum Gasteiger partial charge on any atom is -0.478 e. The van der Waals surface area contributed by atoms with Crippen molar-refractivity contribution in [1.29, 1.82) is 0 Å². The first-order valence-electron chi connectivity index (χ1n) is 5.29. The number of carboxylic acid groups (broad SMARTS) is 1. The zero-order chi connectivity index (χ0) is 12.4. The first-order valence-corrected chi connectivity index (χ1v) is 6.45. The number of carbonyl (C=O) groups is 1. The molecule has 0 amide bonds. The molecule has 1 aromatic heterocycles. The van der Waals surface area contributed by atoms with Crippen LogP contribution in [-0.4, -0.2) is 40.7 Å². The van der Waals surface area contributed by atoms with Gasteiger partial charge in [0.25, 0.3) is 0 Å². The summed E-state index contributed by atoms with van der Waals surface area (Å²) in [6.45, 7) is 0. The van der Waals surface area contributed by atoms with E-state index in [4.69, 9.17) is 5.11 Å². The number of anilines is 1. The lowest BCUT2D eigenvalue weighted by Crippen LogP contribution is -2.33. The molecular formula is C11H13FN2O2S. The molecule has 0 saturated carbocycles. The van der Waals surface area contributed by atoms with Crippen molar-refractivity contribution >= 4 is 23.5 Å². The average molecular weight is 256 g/mol. The van der Waals surface area contributed by atoms with Crippen molar-refractivity contribution in [2.45, 2.75) is 12.5 Å². The Hall–Kier alpha value is -1.30. The molecule has 0 aromatic carbocycles. The van der Waals surface area contributed by atoms with Gasteiger partial charge in [-0.3, -0.25) is 0 Å². The van der Waals surface area contributed by atoms with Crippen LogP contribution in [0.5, 0.6) is 0 Å². The van der Waals surface area contributed by atoms with E-state index in [1.54, 1.807) is 11.9 Å². The number of aromatic carboxylic acids is 1. The van der Waals surface area contributed by atoms with E-state index in [0.29, 0.717) is 0 Å². The van der Waals surface area contributed by atoms with Crippen LogP contribution in [0, 0.1) is 5.82 Å². The lowest BCUT2D eigenvalue weighted by atomic mass is 10.2. The van der Waals surface area contributed by atoms with Crippen LogP contribution >= 0.6 is 11.8 Å². The molecule has 0 bridgehead atoms. The van der Waals surface area contributed by atoms with Crippen LogP contribution in [0.4, 0.5) is 10.2 Å². The highest BCUT2D eigenvalue weighted by atomic mass is 32.2. The average Bonchev–Trinajstić information content (AvgIpc) is 2.81. The number of hydrogen-bond acceptors (Lipinski definition) is 4. The minimum absolute atomic E-state index is 0.123. The van der Waals surface area contributed by atoms with Crippen molar-refractivity contribution in [2.24, 2.45) is 0 Å². The standard InChI is InChI=1S/C11H13FN2O2S/c1-14(7-3-5-17-6-7)10-9(12)8(11(15)16)2-4-13-10/h2,4,7H,3,5-6H2,1H3,(H,15,16). The summed E-state index contributed by atoms with van der Waals surface area (Å²) in [6.07, 6.45) is 2.31. The summed E-state index contributed by atoms with van der Waals surface area (Å²) in [6, 6.07) is 1.41. The summed E-state index contributed by atoms with van der Waals surface area (Å²) in [7, 11) is 1.76. The summed E-state index contributed by atoms with van der Waals surface area (Å²) in [4.78, 5) is 16.5. The quantitative estimate of drug-likeness (QED) is 0.894. The SMILES string of the molecule is CN(c1nccc(C(=O)O)c1F)C1CCSC1. The molecule has 1 fully saturated rings. The van der Waals surface area contributed by atoms with Gasteiger partial charge in [-0.2, -0.15) is 11.8 Å². The maximum atomic E-state index is 13.9. The van der Waals surface area contributed by atoms with Gasteiger partial charge in [0.2, 0.25) is 0 Å².